The van der Waals surface area contributed by atoms with Gasteiger partial charge in [0, 0.05) is 11.1 Å². The summed E-state index contributed by atoms with van der Waals surface area (Å²) in [5.41, 5.74) is 3.19. The molecule has 0 radical (unpaired) electrons. The third-order valence-electron chi connectivity index (χ3n) is 5.86. The number of unbranched alkanes of at least 4 members (excludes halogenated alkanes) is 1. The summed E-state index contributed by atoms with van der Waals surface area (Å²) in [5, 5.41) is 10.6. The monoisotopic (exact) mass is 424 g/mol. The molecular weight excluding hydrogens is 392 g/mol. The largest absolute Gasteiger partial charge is 0.493 e. The molecule has 30 heavy (non-hydrogen) atoms. The fourth-order valence-electron chi connectivity index (χ4n) is 3.86. The van der Waals surface area contributed by atoms with Gasteiger partial charge < -0.3 is 9.47 Å². The summed E-state index contributed by atoms with van der Waals surface area (Å²) >= 11 is 1.68. The number of aliphatic imine (C=N–C) groups is 1. The van der Waals surface area contributed by atoms with Gasteiger partial charge in [0.05, 0.1) is 19.3 Å². The van der Waals surface area contributed by atoms with Crippen LogP contribution in [0, 0.1) is 22.7 Å². The lowest BCUT2D eigenvalue weighted by Gasteiger charge is -2.33. The first-order chi connectivity index (χ1) is 14.4. The van der Waals surface area contributed by atoms with Crippen molar-refractivity contribution in [2.75, 3.05) is 13.7 Å². The quantitative estimate of drug-likeness (QED) is 0.367. The van der Waals surface area contributed by atoms with Crippen LogP contribution in [0.3, 0.4) is 0 Å². The Morgan fingerprint density at radius 3 is 2.77 bits per heavy atom. The number of methoxy groups -OCH3 is 1. The number of nitrogens with zero attached hydrogens (tertiary/aromatic N) is 2. The van der Waals surface area contributed by atoms with Gasteiger partial charge in [-0.1, -0.05) is 34.1 Å². The molecule has 1 atom stereocenters. The van der Waals surface area contributed by atoms with Gasteiger partial charge in [0.1, 0.15) is 11.1 Å². The van der Waals surface area contributed by atoms with Gasteiger partial charge >= 0.3 is 0 Å². The van der Waals surface area contributed by atoms with Crippen LogP contribution in [-0.2, 0) is 12.8 Å². The third kappa shape index (κ3) is 5.05. The molecule has 1 aromatic heterocycles. The van der Waals surface area contributed by atoms with Crippen LogP contribution in [0.25, 0.3) is 0 Å². The third-order valence-corrected chi connectivity index (χ3v) is 7.02. The van der Waals surface area contributed by atoms with Crippen molar-refractivity contribution >= 4 is 22.6 Å². The minimum absolute atomic E-state index is 0.287. The van der Waals surface area contributed by atoms with Gasteiger partial charge in [-0.15, -0.1) is 11.3 Å². The number of hydrogen-bond acceptors (Lipinski definition) is 5. The molecule has 4 nitrogen and oxygen atoms in total. The number of thiophene rings is 1. The second-order valence-corrected chi connectivity index (χ2v) is 10.1. The van der Waals surface area contributed by atoms with Gasteiger partial charge in [-0.3, -0.25) is 0 Å². The van der Waals surface area contributed by atoms with Gasteiger partial charge in [-0.05, 0) is 66.3 Å². The molecule has 0 saturated carbocycles. The van der Waals surface area contributed by atoms with E-state index in [1.165, 1.54) is 10.4 Å². The van der Waals surface area contributed by atoms with Crippen molar-refractivity contribution in [3.05, 3.63) is 39.8 Å². The van der Waals surface area contributed by atoms with E-state index < -0.39 is 0 Å². The zero-order chi connectivity index (χ0) is 21.7. The Hall–Kier alpha value is -2.32. The Morgan fingerprint density at radius 1 is 1.30 bits per heavy atom. The number of hydrogen-bond donors (Lipinski definition) is 0. The molecule has 5 heteroatoms. The molecule has 1 aliphatic rings. The molecule has 0 fully saturated rings. The van der Waals surface area contributed by atoms with Crippen molar-refractivity contribution in [2.24, 2.45) is 16.3 Å². The molecule has 3 rings (SSSR count). The van der Waals surface area contributed by atoms with E-state index in [0.717, 1.165) is 54.0 Å². The smallest absolute Gasteiger partial charge is 0.161 e. The first kappa shape index (κ1) is 22.4. The molecule has 0 unspecified atom stereocenters. The van der Waals surface area contributed by atoms with Crippen LogP contribution in [0.15, 0.2) is 23.2 Å². The Balaban J connectivity index is 1.81. The molecule has 0 spiro atoms. The predicted molar refractivity (Wildman–Crippen MR) is 125 cm³/mol. The SMILES string of the molecule is CCCCOc1ccc(C=Nc2sc3c(c2C#N)CC[C@@H](C(C)(C)C)C3)cc1OC. The molecule has 0 saturated heterocycles. The zero-order valence-electron chi connectivity index (χ0n) is 18.7. The first-order valence-corrected chi connectivity index (χ1v) is 11.6. The highest BCUT2D eigenvalue weighted by Gasteiger charge is 2.32. The summed E-state index contributed by atoms with van der Waals surface area (Å²) in [4.78, 5) is 6.03. The summed E-state index contributed by atoms with van der Waals surface area (Å²) in [5.74, 6) is 2.10. The van der Waals surface area contributed by atoms with E-state index >= 15 is 0 Å². The summed E-state index contributed by atoms with van der Waals surface area (Å²) < 4.78 is 11.3. The van der Waals surface area contributed by atoms with Crippen LogP contribution >= 0.6 is 11.3 Å². The van der Waals surface area contributed by atoms with E-state index in [1.54, 1.807) is 18.4 Å². The topological polar surface area (TPSA) is 54.6 Å². The van der Waals surface area contributed by atoms with Gasteiger partial charge in [-0.25, -0.2) is 4.99 Å². The fourth-order valence-corrected chi connectivity index (χ4v) is 5.08. The average molecular weight is 425 g/mol. The number of benzene rings is 1. The van der Waals surface area contributed by atoms with Crippen LogP contribution in [0.4, 0.5) is 5.00 Å². The van der Waals surface area contributed by atoms with Crippen molar-refractivity contribution < 1.29 is 9.47 Å². The van der Waals surface area contributed by atoms with Gasteiger partial charge in [-0.2, -0.15) is 5.26 Å². The lowest BCUT2D eigenvalue weighted by Crippen LogP contribution is -2.26. The minimum atomic E-state index is 0.287. The second kappa shape index (κ2) is 9.66. The maximum atomic E-state index is 9.75. The Labute approximate surface area is 184 Å². The van der Waals surface area contributed by atoms with E-state index in [9.17, 15) is 5.26 Å². The number of fused-ring (bicyclic) bond motifs is 1. The fraction of sp³-hybridized carbons (Fsp3) is 0.520. The predicted octanol–water partition coefficient (Wildman–Crippen LogP) is 6.71. The summed E-state index contributed by atoms with van der Waals surface area (Å²) in [6.07, 6.45) is 7.09. The molecule has 2 aromatic rings. The maximum absolute atomic E-state index is 9.75. The molecule has 160 valence electrons. The van der Waals surface area contributed by atoms with Crippen LogP contribution in [-0.4, -0.2) is 19.9 Å². The summed E-state index contributed by atoms with van der Waals surface area (Å²) in [6, 6.07) is 8.24. The van der Waals surface area contributed by atoms with E-state index in [-0.39, 0.29) is 5.41 Å². The highest BCUT2D eigenvalue weighted by molar-refractivity contribution is 7.16. The van der Waals surface area contributed by atoms with E-state index in [2.05, 4.69) is 33.8 Å². The first-order valence-electron chi connectivity index (χ1n) is 10.8. The molecule has 0 aliphatic heterocycles. The van der Waals surface area contributed by atoms with Gasteiger partial charge in [0.2, 0.25) is 0 Å². The average Bonchev–Trinajstić information content (AvgIpc) is 3.09. The number of ether oxygens (including phenoxy) is 2. The van der Waals surface area contributed by atoms with Gasteiger partial charge in [0.25, 0.3) is 0 Å². The number of nitriles is 1. The maximum Gasteiger partial charge on any atom is 0.161 e. The van der Waals surface area contributed by atoms with Crippen LogP contribution in [0.5, 0.6) is 11.5 Å². The Bertz CT molecular complexity index is 947. The zero-order valence-corrected chi connectivity index (χ0v) is 19.6. The van der Waals surface area contributed by atoms with Crippen molar-refractivity contribution in [1.82, 2.24) is 0 Å². The Morgan fingerprint density at radius 2 is 2.10 bits per heavy atom. The van der Waals surface area contributed by atoms with Crippen molar-refractivity contribution in [2.45, 2.75) is 59.8 Å². The van der Waals surface area contributed by atoms with Crippen molar-refractivity contribution in [3.8, 4) is 17.6 Å². The lowest BCUT2D eigenvalue weighted by molar-refractivity contribution is 0.218. The summed E-state index contributed by atoms with van der Waals surface area (Å²) in [7, 11) is 1.65. The number of rotatable bonds is 7. The van der Waals surface area contributed by atoms with Crippen LogP contribution in [0.2, 0.25) is 0 Å². The standard InChI is InChI=1S/C25H32N2O2S/c1-6-7-12-29-21-11-8-17(13-22(21)28-5)16-27-24-20(15-26)19-10-9-18(25(2,3)4)14-23(19)30-24/h8,11,13,16,18H,6-7,9-10,12,14H2,1-5H3/t18-/m1/s1. The van der Waals surface area contributed by atoms with E-state index in [0.29, 0.717) is 18.3 Å². The molecule has 0 bridgehead atoms. The summed E-state index contributed by atoms with van der Waals surface area (Å²) in [6.45, 7) is 9.75. The minimum Gasteiger partial charge on any atom is -0.493 e. The van der Waals surface area contributed by atoms with E-state index in [4.69, 9.17) is 14.5 Å². The van der Waals surface area contributed by atoms with Crippen molar-refractivity contribution in [1.29, 1.82) is 5.26 Å². The Kier molecular flexibility index (Phi) is 7.20. The van der Waals surface area contributed by atoms with Crippen LogP contribution < -0.4 is 9.47 Å². The highest BCUT2D eigenvalue weighted by Crippen LogP contribution is 2.44. The molecule has 1 heterocycles. The normalized spacial score (nSPS) is 16.3. The molecular formula is C25H32N2O2S. The molecule has 0 N–H and O–H groups in total. The van der Waals surface area contributed by atoms with E-state index in [1.807, 2.05) is 24.4 Å². The molecule has 0 amide bonds. The van der Waals surface area contributed by atoms with Gasteiger partial charge in [0.15, 0.2) is 11.5 Å². The van der Waals surface area contributed by atoms with Crippen molar-refractivity contribution in [3.63, 3.8) is 0 Å². The molecule has 1 aliphatic carbocycles. The highest BCUT2D eigenvalue weighted by atomic mass is 32.1. The van der Waals surface area contributed by atoms with Crippen LogP contribution in [0.1, 0.15) is 68.5 Å². The molecule has 1 aromatic carbocycles. The lowest BCUT2D eigenvalue weighted by atomic mass is 9.72. The second-order valence-electron chi connectivity index (χ2n) is 8.97.